The standard InChI is InChI=1S/C22H34N2O2/c1-6-20(25)23-19-16-21(4,5)24(22(7-2,8-3)17-19)26-15-14-18-12-10-9-11-13-18/h6,9-13,19H,1,7-8,14-17H2,2-5H3,(H,23,25). The first-order valence-corrected chi connectivity index (χ1v) is 9.77. The van der Waals surface area contributed by atoms with Crippen LogP contribution in [0.3, 0.4) is 0 Å². The number of carbonyl (C=O) groups excluding carboxylic acids is 1. The second-order valence-corrected chi connectivity index (χ2v) is 7.92. The Bertz CT molecular complexity index is 593. The highest BCUT2D eigenvalue weighted by Crippen LogP contribution is 2.42. The van der Waals surface area contributed by atoms with Crippen molar-refractivity contribution >= 4 is 5.91 Å². The predicted molar refractivity (Wildman–Crippen MR) is 107 cm³/mol. The van der Waals surface area contributed by atoms with Gasteiger partial charge in [0.2, 0.25) is 5.91 Å². The van der Waals surface area contributed by atoms with Crippen molar-refractivity contribution in [1.82, 2.24) is 10.4 Å². The van der Waals surface area contributed by atoms with Gasteiger partial charge in [-0.25, -0.2) is 0 Å². The highest BCUT2D eigenvalue weighted by molar-refractivity contribution is 5.87. The minimum Gasteiger partial charge on any atom is -0.350 e. The van der Waals surface area contributed by atoms with Gasteiger partial charge in [0.1, 0.15) is 0 Å². The van der Waals surface area contributed by atoms with E-state index in [1.54, 1.807) is 0 Å². The highest BCUT2D eigenvalue weighted by atomic mass is 16.7. The molecule has 1 aromatic rings. The van der Waals surface area contributed by atoms with Gasteiger partial charge in [0.05, 0.1) is 6.61 Å². The summed E-state index contributed by atoms with van der Waals surface area (Å²) in [5.41, 5.74) is 1.06. The molecule has 0 aromatic heterocycles. The minimum atomic E-state index is -0.153. The Morgan fingerprint density at radius 2 is 1.92 bits per heavy atom. The van der Waals surface area contributed by atoms with Gasteiger partial charge in [-0.05, 0) is 57.6 Å². The number of rotatable bonds is 8. The SMILES string of the molecule is C=CC(=O)NC1CC(C)(C)N(OCCc2ccccc2)C(CC)(CC)C1. The van der Waals surface area contributed by atoms with Crippen LogP contribution < -0.4 is 5.32 Å². The first-order chi connectivity index (χ1) is 12.4. The van der Waals surface area contributed by atoms with E-state index >= 15 is 0 Å². The smallest absolute Gasteiger partial charge is 0.243 e. The largest absolute Gasteiger partial charge is 0.350 e. The lowest BCUT2D eigenvalue weighted by Crippen LogP contribution is -2.66. The van der Waals surface area contributed by atoms with Crippen LogP contribution in [0.5, 0.6) is 0 Å². The topological polar surface area (TPSA) is 41.6 Å². The third-order valence-electron chi connectivity index (χ3n) is 5.65. The molecule has 1 amide bonds. The Hall–Kier alpha value is -1.65. The quantitative estimate of drug-likeness (QED) is 0.706. The van der Waals surface area contributed by atoms with E-state index in [0.29, 0.717) is 6.61 Å². The maximum Gasteiger partial charge on any atom is 0.243 e. The Morgan fingerprint density at radius 1 is 1.27 bits per heavy atom. The molecule has 1 aliphatic heterocycles. The summed E-state index contributed by atoms with van der Waals surface area (Å²) >= 11 is 0. The average Bonchev–Trinajstić information content (AvgIpc) is 2.63. The van der Waals surface area contributed by atoms with Crippen LogP contribution in [0.1, 0.15) is 58.9 Å². The van der Waals surface area contributed by atoms with Gasteiger partial charge in [0, 0.05) is 17.1 Å². The van der Waals surface area contributed by atoms with E-state index in [4.69, 9.17) is 4.84 Å². The van der Waals surface area contributed by atoms with Crippen molar-refractivity contribution in [2.24, 2.45) is 0 Å². The molecule has 1 unspecified atom stereocenters. The van der Waals surface area contributed by atoms with Gasteiger partial charge in [-0.1, -0.05) is 50.8 Å². The minimum absolute atomic E-state index is 0.0719. The van der Waals surface area contributed by atoms with Gasteiger partial charge < -0.3 is 5.32 Å². The summed E-state index contributed by atoms with van der Waals surface area (Å²) in [6, 6.07) is 10.6. The fourth-order valence-electron chi connectivity index (χ4n) is 4.34. The zero-order chi connectivity index (χ0) is 19.2. The summed E-state index contributed by atoms with van der Waals surface area (Å²) < 4.78 is 0. The molecule has 1 aromatic carbocycles. The molecule has 2 rings (SSSR count). The van der Waals surface area contributed by atoms with E-state index < -0.39 is 0 Å². The predicted octanol–water partition coefficient (Wildman–Crippen LogP) is 4.26. The Kier molecular flexibility index (Phi) is 7.01. The van der Waals surface area contributed by atoms with Crippen LogP contribution >= 0.6 is 0 Å². The van der Waals surface area contributed by atoms with Gasteiger partial charge >= 0.3 is 0 Å². The number of hydroxylamine groups is 2. The molecule has 0 radical (unpaired) electrons. The molecule has 26 heavy (non-hydrogen) atoms. The number of nitrogens with zero attached hydrogens (tertiary/aromatic N) is 1. The lowest BCUT2D eigenvalue weighted by Gasteiger charge is -2.56. The summed E-state index contributed by atoms with van der Waals surface area (Å²) in [6.07, 6.45) is 5.98. The zero-order valence-corrected chi connectivity index (χ0v) is 16.8. The second kappa shape index (κ2) is 8.83. The number of nitrogens with one attached hydrogen (secondary N) is 1. The first-order valence-electron chi connectivity index (χ1n) is 9.77. The van der Waals surface area contributed by atoms with E-state index in [-0.39, 0.29) is 23.0 Å². The summed E-state index contributed by atoms with van der Waals surface area (Å²) in [5.74, 6) is -0.0923. The van der Waals surface area contributed by atoms with Crippen molar-refractivity contribution in [1.29, 1.82) is 0 Å². The van der Waals surface area contributed by atoms with E-state index in [9.17, 15) is 4.79 Å². The van der Waals surface area contributed by atoms with E-state index in [2.05, 4.69) is 68.9 Å². The Balaban J connectivity index is 2.11. The van der Waals surface area contributed by atoms with Crippen molar-refractivity contribution in [2.75, 3.05) is 6.61 Å². The van der Waals surface area contributed by atoms with Gasteiger partial charge in [-0.15, -0.1) is 0 Å². The molecule has 1 N–H and O–H groups in total. The fourth-order valence-corrected chi connectivity index (χ4v) is 4.34. The fraction of sp³-hybridized carbons (Fsp3) is 0.591. The normalized spacial score (nSPS) is 21.9. The first kappa shape index (κ1) is 20.7. The van der Waals surface area contributed by atoms with Crippen molar-refractivity contribution in [3.8, 4) is 0 Å². The summed E-state index contributed by atoms with van der Waals surface area (Å²) in [6.45, 7) is 13.1. The van der Waals surface area contributed by atoms with Crippen LogP contribution in [0.25, 0.3) is 0 Å². The maximum absolute atomic E-state index is 11.8. The summed E-state index contributed by atoms with van der Waals surface area (Å²) in [5, 5.41) is 5.35. The van der Waals surface area contributed by atoms with Gasteiger partial charge in [0.25, 0.3) is 0 Å². The van der Waals surface area contributed by atoms with Gasteiger partial charge in [-0.2, -0.15) is 5.06 Å². The van der Waals surface area contributed by atoms with Crippen molar-refractivity contribution in [3.05, 3.63) is 48.6 Å². The van der Waals surface area contributed by atoms with Crippen LogP contribution in [-0.4, -0.2) is 34.7 Å². The average molecular weight is 359 g/mol. The molecule has 1 atom stereocenters. The Morgan fingerprint density at radius 3 is 2.50 bits per heavy atom. The number of hydrogen-bond donors (Lipinski definition) is 1. The number of benzene rings is 1. The molecule has 0 saturated carbocycles. The summed E-state index contributed by atoms with van der Waals surface area (Å²) in [7, 11) is 0. The molecule has 0 aliphatic carbocycles. The third-order valence-corrected chi connectivity index (χ3v) is 5.65. The molecule has 0 spiro atoms. The number of hydrogen-bond acceptors (Lipinski definition) is 3. The zero-order valence-electron chi connectivity index (χ0n) is 16.8. The van der Waals surface area contributed by atoms with E-state index in [1.807, 2.05) is 6.07 Å². The molecule has 1 aliphatic rings. The van der Waals surface area contributed by atoms with Crippen LogP contribution in [0, 0.1) is 0 Å². The van der Waals surface area contributed by atoms with E-state index in [0.717, 1.165) is 32.1 Å². The van der Waals surface area contributed by atoms with Gasteiger partial charge in [-0.3, -0.25) is 9.63 Å². The molecule has 1 fully saturated rings. The molecule has 1 saturated heterocycles. The Labute approximate surface area is 158 Å². The lowest BCUT2D eigenvalue weighted by atomic mass is 9.74. The summed E-state index contributed by atoms with van der Waals surface area (Å²) in [4.78, 5) is 18.2. The molecule has 0 bridgehead atoms. The molecule has 144 valence electrons. The molecule has 4 heteroatoms. The maximum atomic E-state index is 11.8. The number of amides is 1. The monoisotopic (exact) mass is 358 g/mol. The number of piperidine rings is 1. The van der Waals surface area contributed by atoms with Crippen molar-refractivity contribution in [3.63, 3.8) is 0 Å². The second-order valence-electron chi connectivity index (χ2n) is 7.92. The third kappa shape index (κ3) is 4.74. The van der Waals surface area contributed by atoms with Gasteiger partial charge in [0.15, 0.2) is 0 Å². The highest BCUT2D eigenvalue weighted by Gasteiger charge is 2.50. The molecule has 1 heterocycles. The van der Waals surface area contributed by atoms with Crippen LogP contribution in [0.15, 0.2) is 43.0 Å². The lowest BCUT2D eigenvalue weighted by molar-refractivity contribution is -0.293. The van der Waals surface area contributed by atoms with Crippen LogP contribution in [-0.2, 0) is 16.1 Å². The van der Waals surface area contributed by atoms with Crippen LogP contribution in [0.2, 0.25) is 0 Å². The van der Waals surface area contributed by atoms with E-state index in [1.165, 1.54) is 11.6 Å². The number of carbonyl (C=O) groups is 1. The molecule has 4 nitrogen and oxygen atoms in total. The molecular weight excluding hydrogens is 324 g/mol. The molecular formula is C22H34N2O2. The van der Waals surface area contributed by atoms with Crippen molar-refractivity contribution in [2.45, 2.75) is 76.9 Å². The van der Waals surface area contributed by atoms with Crippen LogP contribution in [0.4, 0.5) is 0 Å². The van der Waals surface area contributed by atoms with Crippen molar-refractivity contribution < 1.29 is 9.63 Å².